The number of nitrogens with one attached hydrogen (secondary N) is 1. The fraction of sp³-hybridized carbons (Fsp3) is 0.353. The summed E-state index contributed by atoms with van der Waals surface area (Å²) in [5, 5.41) is 3.18. The summed E-state index contributed by atoms with van der Waals surface area (Å²) in [4.78, 5) is 38.3. The SMILES string of the molecule is O=C(CN1C(=O)C2C3C=CC(C3)C2C1=O)Nc1cccc(Cl)c1. The number of halogens is 1. The molecule has 1 heterocycles. The van der Waals surface area contributed by atoms with Gasteiger partial charge in [0.1, 0.15) is 6.54 Å². The standard InChI is InChI=1S/C17H15ClN2O3/c18-11-2-1-3-12(7-11)19-13(21)8-20-16(22)14-9-4-5-10(6-9)15(14)17(20)23/h1-5,7,9-10,14-15H,6,8H2,(H,19,21). The molecule has 118 valence electrons. The third kappa shape index (κ3) is 2.27. The van der Waals surface area contributed by atoms with E-state index in [1.807, 2.05) is 12.2 Å². The third-order valence-corrected chi connectivity index (χ3v) is 5.21. The monoisotopic (exact) mass is 330 g/mol. The highest BCUT2D eigenvalue weighted by atomic mass is 35.5. The first-order valence-electron chi connectivity index (χ1n) is 7.63. The Hall–Kier alpha value is -2.14. The van der Waals surface area contributed by atoms with Crippen molar-refractivity contribution in [1.82, 2.24) is 4.90 Å². The molecule has 1 aromatic carbocycles. The van der Waals surface area contributed by atoms with Gasteiger partial charge in [-0.25, -0.2) is 0 Å². The van der Waals surface area contributed by atoms with Gasteiger partial charge in [-0.1, -0.05) is 29.8 Å². The normalized spacial score (nSPS) is 30.9. The fourth-order valence-electron chi connectivity index (χ4n) is 4.03. The number of fused-ring (bicyclic) bond motifs is 5. The molecule has 4 rings (SSSR count). The summed E-state index contributed by atoms with van der Waals surface area (Å²) in [6.45, 7) is -0.239. The number of likely N-dealkylation sites (tertiary alicyclic amines) is 1. The molecule has 4 unspecified atom stereocenters. The van der Waals surface area contributed by atoms with Crippen LogP contribution >= 0.6 is 11.6 Å². The van der Waals surface area contributed by atoms with Crippen molar-refractivity contribution in [2.75, 3.05) is 11.9 Å². The van der Waals surface area contributed by atoms with Crippen molar-refractivity contribution in [3.8, 4) is 0 Å². The van der Waals surface area contributed by atoms with E-state index in [2.05, 4.69) is 5.32 Å². The Kier molecular flexibility index (Phi) is 3.27. The van der Waals surface area contributed by atoms with E-state index in [0.29, 0.717) is 10.7 Å². The highest BCUT2D eigenvalue weighted by Crippen LogP contribution is 2.52. The number of rotatable bonds is 3. The van der Waals surface area contributed by atoms with E-state index < -0.39 is 5.91 Å². The zero-order valence-electron chi connectivity index (χ0n) is 12.2. The van der Waals surface area contributed by atoms with Gasteiger partial charge >= 0.3 is 0 Å². The summed E-state index contributed by atoms with van der Waals surface area (Å²) >= 11 is 5.87. The lowest BCUT2D eigenvalue weighted by molar-refractivity contribution is -0.143. The summed E-state index contributed by atoms with van der Waals surface area (Å²) in [7, 11) is 0. The van der Waals surface area contributed by atoms with E-state index in [0.717, 1.165) is 11.3 Å². The zero-order chi connectivity index (χ0) is 16.1. The van der Waals surface area contributed by atoms with Crippen LogP contribution in [0.15, 0.2) is 36.4 Å². The Labute approximate surface area is 138 Å². The van der Waals surface area contributed by atoms with Crippen LogP contribution in [-0.4, -0.2) is 29.2 Å². The predicted octanol–water partition coefficient (Wildman–Crippen LogP) is 2.09. The Balaban J connectivity index is 1.46. The van der Waals surface area contributed by atoms with Crippen molar-refractivity contribution >= 4 is 35.0 Å². The van der Waals surface area contributed by atoms with Crippen molar-refractivity contribution < 1.29 is 14.4 Å². The summed E-state index contributed by atoms with van der Waals surface area (Å²) in [6.07, 6.45) is 4.95. The van der Waals surface area contributed by atoms with Gasteiger partial charge in [0.05, 0.1) is 11.8 Å². The number of carbonyl (C=O) groups is 3. The van der Waals surface area contributed by atoms with Crippen LogP contribution in [0.1, 0.15) is 6.42 Å². The van der Waals surface area contributed by atoms with Crippen LogP contribution in [0.4, 0.5) is 5.69 Å². The number of nitrogens with zero attached hydrogens (tertiary/aromatic N) is 1. The highest BCUT2D eigenvalue weighted by molar-refractivity contribution is 6.30. The van der Waals surface area contributed by atoms with Crippen molar-refractivity contribution in [3.63, 3.8) is 0 Å². The molecule has 5 nitrogen and oxygen atoms in total. The van der Waals surface area contributed by atoms with Gasteiger partial charge in [0, 0.05) is 10.7 Å². The third-order valence-electron chi connectivity index (χ3n) is 4.97. The van der Waals surface area contributed by atoms with Gasteiger partial charge in [-0.15, -0.1) is 0 Å². The summed E-state index contributed by atoms with van der Waals surface area (Å²) in [6, 6.07) is 6.74. The predicted molar refractivity (Wildman–Crippen MR) is 84.5 cm³/mol. The molecule has 1 saturated heterocycles. The lowest BCUT2D eigenvalue weighted by Crippen LogP contribution is -2.39. The van der Waals surface area contributed by atoms with Gasteiger partial charge in [0.15, 0.2) is 0 Å². The largest absolute Gasteiger partial charge is 0.324 e. The molecule has 3 aliphatic rings. The van der Waals surface area contributed by atoms with Crippen LogP contribution in [0.3, 0.4) is 0 Å². The molecule has 0 aromatic heterocycles. The van der Waals surface area contributed by atoms with Gasteiger partial charge in [0.2, 0.25) is 17.7 Å². The van der Waals surface area contributed by atoms with Crippen molar-refractivity contribution in [3.05, 3.63) is 41.4 Å². The molecule has 2 bridgehead atoms. The van der Waals surface area contributed by atoms with Crippen molar-refractivity contribution in [1.29, 1.82) is 0 Å². The van der Waals surface area contributed by atoms with Crippen LogP contribution in [0.5, 0.6) is 0 Å². The van der Waals surface area contributed by atoms with E-state index in [-0.39, 0.29) is 42.0 Å². The Morgan fingerprint density at radius 1 is 1.17 bits per heavy atom. The number of hydrogen-bond donors (Lipinski definition) is 1. The number of anilines is 1. The Morgan fingerprint density at radius 2 is 1.83 bits per heavy atom. The van der Waals surface area contributed by atoms with Gasteiger partial charge in [-0.2, -0.15) is 0 Å². The maximum absolute atomic E-state index is 12.5. The van der Waals surface area contributed by atoms with E-state index >= 15 is 0 Å². The number of carbonyl (C=O) groups excluding carboxylic acids is 3. The number of hydrogen-bond acceptors (Lipinski definition) is 3. The number of allylic oxidation sites excluding steroid dienone is 2. The van der Waals surface area contributed by atoms with Gasteiger partial charge in [-0.05, 0) is 36.5 Å². The second kappa shape index (κ2) is 5.20. The summed E-state index contributed by atoms with van der Waals surface area (Å²) < 4.78 is 0. The number of amides is 3. The molecular formula is C17H15ClN2O3. The van der Waals surface area contributed by atoms with E-state index in [1.54, 1.807) is 24.3 Å². The first-order valence-corrected chi connectivity index (χ1v) is 8.01. The van der Waals surface area contributed by atoms with Crippen LogP contribution < -0.4 is 5.32 Å². The lowest BCUT2D eigenvalue weighted by Gasteiger charge is -2.16. The molecule has 1 aliphatic heterocycles. The molecule has 0 radical (unpaired) electrons. The van der Waals surface area contributed by atoms with Gasteiger partial charge in [-0.3, -0.25) is 19.3 Å². The minimum atomic E-state index is -0.394. The highest BCUT2D eigenvalue weighted by Gasteiger charge is 2.59. The van der Waals surface area contributed by atoms with Crippen LogP contribution in [0, 0.1) is 23.7 Å². The number of imide groups is 1. The minimum absolute atomic E-state index is 0.155. The van der Waals surface area contributed by atoms with E-state index in [4.69, 9.17) is 11.6 Å². The second-order valence-electron chi connectivity index (χ2n) is 6.32. The molecule has 0 spiro atoms. The molecular weight excluding hydrogens is 316 g/mol. The van der Waals surface area contributed by atoms with Crippen molar-refractivity contribution in [2.45, 2.75) is 6.42 Å². The molecule has 3 amide bonds. The second-order valence-corrected chi connectivity index (χ2v) is 6.76. The Bertz CT molecular complexity index is 715. The first-order chi connectivity index (χ1) is 11.0. The topological polar surface area (TPSA) is 66.5 Å². The van der Waals surface area contributed by atoms with E-state index in [1.165, 1.54) is 0 Å². The smallest absolute Gasteiger partial charge is 0.244 e. The average Bonchev–Trinajstić information content (AvgIpc) is 3.17. The Morgan fingerprint density at radius 3 is 2.43 bits per heavy atom. The molecule has 1 saturated carbocycles. The van der Waals surface area contributed by atoms with Crippen LogP contribution in [0.2, 0.25) is 5.02 Å². The summed E-state index contributed by atoms with van der Waals surface area (Å²) in [5.41, 5.74) is 0.545. The average molecular weight is 331 g/mol. The maximum Gasteiger partial charge on any atom is 0.244 e. The fourth-order valence-corrected chi connectivity index (χ4v) is 4.22. The van der Waals surface area contributed by atoms with Crippen molar-refractivity contribution in [2.24, 2.45) is 23.7 Å². The maximum atomic E-state index is 12.5. The zero-order valence-corrected chi connectivity index (χ0v) is 13.0. The quantitative estimate of drug-likeness (QED) is 0.681. The van der Waals surface area contributed by atoms with E-state index in [9.17, 15) is 14.4 Å². The van der Waals surface area contributed by atoms with Gasteiger partial charge < -0.3 is 5.32 Å². The molecule has 4 atom stereocenters. The molecule has 2 aliphatic carbocycles. The first kappa shape index (κ1) is 14.5. The van der Waals surface area contributed by atoms with Crippen LogP contribution in [-0.2, 0) is 14.4 Å². The molecule has 23 heavy (non-hydrogen) atoms. The molecule has 1 N–H and O–H groups in total. The molecule has 6 heteroatoms. The molecule has 2 fully saturated rings. The van der Waals surface area contributed by atoms with Crippen LogP contribution in [0.25, 0.3) is 0 Å². The lowest BCUT2D eigenvalue weighted by atomic mass is 9.85. The van der Waals surface area contributed by atoms with Gasteiger partial charge in [0.25, 0.3) is 0 Å². The summed E-state index contributed by atoms with van der Waals surface area (Å²) in [5.74, 6) is -1.04. The number of benzene rings is 1. The minimum Gasteiger partial charge on any atom is -0.324 e. The molecule has 1 aromatic rings.